The zero-order valence-electron chi connectivity index (χ0n) is 15.0. The van der Waals surface area contributed by atoms with Gasteiger partial charge >= 0.3 is 0 Å². The molecule has 22 heavy (non-hydrogen) atoms. The van der Waals surface area contributed by atoms with E-state index in [4.69, 9.17) is 0 Å². The van der Waals surface area contributed by atoms with Crippen molar-refractivity contribution in [1.29, 1.82) is 0 Å². The Morgan fingerprint density at radius 1 is 1.23 bits per heavy atom. The lowest BCUT2D eigenvalue weighted by Crippen LogP contribution is -2.61. The first-order valence-corrected chi connectivity index (χ1v) is 10.3. The van der Waals surface area contributed by atoms with Crippen LogP contribution in [0.1, 0.15) is 40.5 Å². The van der Waals surface area contributed by atoms with Crippen molar-refractivity contribution in [3.63, 3.8) is 0 Å². The highest BCUT2D eigenvalue weighted by Gasteiger charge is 2.40. The lowest BCUT2D eigenvalue weighted by Gasteiger charge is -2.49. The van der Waals surface area contributed by atoms with Crippen LogP contribution in [-0.4, -0.2) is 80.1 Å². The normalized spacial score (nSPS) is 27.3. The van der Waals surface area contributed by atoms with Crippen molar-refractivity contribution in [2.24, 2.45) is 5.41 Å². The third kappa shape index (κ3) is 4.43. The van der Waals surface area contributed by atoms with Gasteiger partial charge in [-0.05, 0) is 25.2 Å². The Morgan fingerprint density at radius 2 is 1.82 bits per heavy atom. The van der Waals surface area contributed by atoms with Crippen LogP contribution in [0.2, 0.25) is 0 Å². The van der Waals surface area contributed by atoms with Gasteiger partial charge in [0.25, 0.3) is 0 Å². The molecule has 130 valence electrons. The Hall–Kier alpha value is -0.170. The molecule has 0 spiro atoms. The quantitative estimate of drug-likeness (QED) is 0.765. The van der Waals surface area contributed by atoms with Gasteiger partial charge in [0.2, 0.25) is 10.0 Å². The number of sulfonamides is 1. The van der Waals surface area contributed by atoms with Crippen LogP contribution < -0.4 is 0 Å². The average Bonchev–Trinajstić information content (AvgIpc) is 3.19. The van der Waals surface area contributed by atoms with E-state index >= 15 is 0 Å². The van der Waals surface area contributed by atoms with Crippen molar-refractivity contribution >= 4 is 10.0 Å². The molecule has 6 heteroatoms. The monoisotopic (exact) mass is 331 g/mol. The zero-order chi connectivity index (χ0) is 16.7. The molecule has 2 rings (SSSR count). The summed E-state index contributed by atoms with van der Waals surface area (Å²) in [5, 5.41) is 0. The average molecular weight is 332 g/mol. The predicted octanol–water partition coefficient (Wildman–Crippen LogP) is 1.46. The number of rotatable bonds is 5. The van der Waals surface area contributed by atoms with E-state index in [0.29, 0.717) is 12.6 Å². The van der Waals surface area contributed by atoms with Gasteiger partial charge in [0.1, 0.15) is 0 Å². The van der Waals surface area contributed by atoms with Gasteiger partial charge in [-0.3, -0.25) is 9.80 Å². The van der Waals surface area contributed by atoms with Crippen molar-refractivity contribution in [2.75, 3.05) is 39.5 Å². The molecule has 0 aromatic heterocycles. The number of hydrogen-bond acceptors (Lipinski definition) is 4. The van der Waals surface area contributed by atoms with Crippen molar-refractivity contribution in [2.45, 2.75) is 58.7 Å². The molecule has 1 saturated heterocycles. The third-order valence-electron chi connectivity index (χ3n) is 5.41. The number of likely N-dealkylation sites (N-methyl/N-ethyl adjacent to an activating group) is 1. The van der Waals surface area contributed by atoms with Crippen molar-refractivity contribution in [3.8, 4) is 0 Å². The fourth-order valence-electron chi connectivity index (χ4n) is 3.27. The lowest BCUT2D eigenvalue weighted by molar-refractivity contribution is 0.000532. The van der Waals surface area contributed by atoms with E-state index in [9.17, 15) is 8.42 Å². The summed E-state index contributed by atoms with van der Waals surface area (Å²) in [5.74, 6) is 0. The Kier molecular flexibility index (Phi) is 5.27. The van der Waals surface area contributed by atoms with Gasteiger partial charge in [-0.15, -0.1) is 0 Å². The molecule has 2 atom stereocenters. The van der Waals surface area contributed by atoms with Crippen LogP contribution in [0.15, 0.2) is 0 Å². The minimum Gasteiger partial charge on any atom is -0.298 e. The van der Waals surface area contributed by atoms with Crippen LogP contribution in [0.5, 0.6) is 0 Å². The van der Waals surface area contributed by atoms with Gasteiger partial charge in [-0.25, -0.2) is 12.7 Å². The highest BCUT2D eigenvalue weighted by Crippen LogP contribution is 2.32. The molecule has 5 nitrogen and oxygen atoms in total. The molecule has 0 amide bonds. The first-order chi connectivity index (χ1) is 10.00. The first-order valence-electron chi connectivity index (χ1n) is 8.41. The van der Waals surface area contributed by atoms with Gasteiger partial charge in [0.15, 0.2) is 0 Å². The molecule has 2 unspecified atom stereocenters. The summed E-state index contributed by atoms with van der Waals surface area (Å²) < 4.78 is 25.1. The molecule has 2 fully saturated rings. The first kappa shape index (κ1) is 18.2. The summed E-state index contributed by atoms with van der Waals surface area (Å²) in [7, 11) is -1.42. The Balaban J connectivity index is 2.12. The second-order valence-corrected chi connectivity index (χ2v) is 10.3. The molecular weight excluding hydrogens is 298 g/mol. The summed E-state index contributed by atoms with van der Waals surface area (Å²) in [4.78, 5) is 5.09. The summed E-state index contributed by atoms with van der Waals surface area (Å²) in [5.41, 5.74) is 0.198. The molecule has 0 N–H and O–H groups in total. The third-order valence-corrected chi connectivity index (χ3v) is 6.69. The zero-order valence-corrected chi connectivity index (χ0v) is 15.9. The van der Waals surface area contributed by atoms with Gasteiger partial charge < -0.3 is 0 Å². The Bertz CT molecular complexity index is 482. The molecule has 0 aromatic carbocycles. The van der Waals surface area contributed by atoms with Crippen LogP contribution >= 0.6 is 0 Å². The molecule has 2 aliphatic rings. The topological polar surface area (TPSA) is 43.9 Å². The van der Waals surface area contributed by atoms with Crippen LogP contribution in [0.4, 0.5) is 0 Å². The van der Waals surface area contributed by atoms with E-state index in [0.717, 1.165) is 25.7 Å². The minimum absolute atomic E-state index is 0.198. The van der Waals surface area contributed by atoms with E-state index in [1.807, 2.05) is 0 Å². The number of hydrogen-bond donors (Lipinski definition) is 0. The predicted molar refractivity (Wildman–Crippen MR) is 91.5 cm³/mol. The van der Waals surface area contributed by atoms with Crippen LogP contribution in [0, 0.1) is 5.41 Å². The second-order valence-electron chi connectivity index (χ2n) is 8.20. The van der Waals surface area contributed by atoms with Gasteiger partial charge in [-0.2, -0.15) is 0 Å². The maximum Gasteiger partial charge on any atom is 0.211 e. The highest BCUT2D eigenvalue weighted by molar-refractivity contribution is 7.88. The highest BCUT2D eigenvalue weighted by atomic mass is 32.2. The van der Waals surface area contributed by atoms with E-state index in [1.54, 1.807) is 7.05 Å². The molecule has 0 bridgehead atoms. The standard InChI is InChI=1S/C16H33N3O2S/c1-13(16(2,3)4)19-10-9-18(14-7-8-14)12-15(19)11-17(5)22(6,20)21/h13-15H,7-12H2,1-6H3. The summed E-state index contributed by atoms with van der Waals surface area (Å²) >= 11 is 0. The molecule has 1 saturated carbocycles. The fraction of sp³-hybridized carbons (Fsp3) is 1.00. The number of piperazine rings is 1. The largest absolute Gasteiger partial charge is 0.298 e. The Morgan fingerprint density at radius 3 is 2.27 bits per heavy atom. The SMILES string of the molecule is CC(N1CCN(C2CC2)CC1CN(C)S(C)(=O)=O)C(C)(C)C. The number of nitrogens with zero attached hydrogens (tertiary/aromatic N) is 3. The van der Waals surface area contributed by atoms with Crippen LogP contribution in [0.25, 0.3) is 0 Å². The molecule has 1 aliphatic heterocycles. The van der Waals surface area contributed by atoms with Gasteiger partial charge in [-0.1, -0.05) is 20.8 Å². The molecule has 0 radical (unpaired) electrons. The lowest BCUT2D eigenvalue weighted by atomic mass is 9.85. The maximum absolute atomic E-state index is 11.8. The fourth-order valence-corrected chi connectivity index (χ4v) is 3.71. The molecule has 0 aromatic rings. The van der Waals surface area contributed by atoms with E-state index in [2.05, 4.69) is 37.5 Å². The Labute approximate surface area is 136 Å². The van der Waals surface area contributed by atoms with Crippen molar-refractivity contribution in [3.05, 3.63) is 0 Å². The van der Waals surface area contributed by atoms with E-state index < -0.39 is 10.0 Å². The summed E-state index contributed by atoms with van der Waals surface area (Å²) in [6, 6.07) is 1.47. The van der Waals surface area contributed by atoms with E-state index in [-0.39, 0.29) is 11.5 Å². The van der Waals surface area contributed by atoms with Crippen LogP contribution in [-0.2, 0) is 10.0 Å². The minimum atomic E-state index is -3.12. The summed E-state index contributed by atoms with van der Waals surface area (Å²) in [6.45, 7) is 12.8. The van der Waals surface area contributed by atoms with Gasteiger partial charge in [0, 0.05) is 51.4 Å². The maximum atomic E-state index is 11.8. The second kappa shape index (κ2) is 6.38. The summed E-state index contributed by atoms with van der Waals surface area (Å²) in [6.07, 6.45) is 3.92. The van der Waals surface area contributed by atoms with E-state index in [1.165, 1.54) is 23.4 Å². The molecule has 1 aliphatic carbocycles. The van der Waals surface area contributed by atoms with Crippen molar-refractivity contribution in [1.82, 2.24) is 14.1 Å². The van der Waals surface area contributed by atoms with Crippen LogP contribution in [0.3, 0.4) is 0 Å². The van der Waals surface area contributed by atoms with Crippen molar-refractivity contribution < 1.29 is 8.42 Å². The smallest absolute Gasteiger partial charge is 0.211 e. The van der Waals surface area contributed by atoms with Gasteiger partial charge in [0.05, 0.1) is 6.26 Å². The molecule has 1 heterocycles. The molecular formula is C16H33N3O2S.